The molecule has 23 heavy (non-hydrogen) atoms. The van der Waals surface area contributed by atoms with Crippen LogP contribution in [-0.4, -0.2) is 40.1 Å². The van der Waals surface area contributed by atoms with Crippen molar-refractivity contribution in [2.45, 2.75) is 31.9 Å². The second-order valence-corrected chi connectivity index (χ2v) is 5.93. The number of nitrogens with zero attached hydrogens (tertiary/aromatic N) is 3. The number of likely N-dealkylation sites (tertiary alicyclic amines) is 1. The lowest BCUT2D eigenvalue weighted by Crippen LogP contribution is -2.38. The van der Waals surface area contributed by atoms with Crippen molar-refractivity contribution < 1.29 is 13.5 Å². The molecule has 1 aromatic heterocycles. The van der Waals surface area contributed by atoms with Crippen LogP contribution in [0.3, 0.4) is 0 Å². The predicted octanol–water partition coefficient (Wildman–Crippen LogP) is 3.19. The summed E-state index contributed by atoms with van der Waals surface area (Å²) in [4.78, 5) is 6.06. The molecule has 0 bridgehead atoms. The highest BCUT2D eigenvalue weighted by atomic mass is 19.3. The van der Waals surface area contributed by atoms with E-state index in [4.69, 9.17) is 4.74 Å². The Morgan fingerprint density at radius 3 is 2.52 bits per heavy atom. The molecule has 124 valence electrons. The molecule has 0 radical (unpaired) electrons. The lowest BCUT2D eigenvalue weighted by atomic mass is 10.1. The molecule has 0 amide bonds. The minimum Gasteiger partial charge on any atom is -0.492 e. The van der Waals surface area contributed by atoms with Crippen LogP contribution in [0.4, 0.5) is 8.78 Å². The summed E-state index contributed by atoms with van der Waals surface area (Å²) in [5.74, 6) is -1.66. The number of aromatic nitrogens is 2. The smallest absolute Gasteiger partial charge is 0.250 e. The number of rotatable bonds is 6. The molecular weight excluding hydrogens is 300 g/mol. The zero-order valence-electron chi connectivity index (χ0n) is 13.0. The Morgan fingerprint density at radius 2 is 1.87 bits per heavy atom. The van der Waals surface area contributed by atoms with E-state index in [9.17, 15) is 8.78 Å². The summed E-state index contributed by atoms with van der Waals surface area (Å²) < 4.78 is 33.9. The molecule has 6 heteroatoms. The first kappa shape index (κ1) is 15.9. The first-order valence-electron chi connectivity index (χ1n) is 7.88. The van der Waals surface area contributed by atoms with Crippen molar-refractivity contribution >= 4 is 0 Å². The summed E-state index contributed by atoms with van der Waals surface area (Å²) in [5, 5.41) is 0. The van der Waals surface area contributed by atoms with Crippen molar-refractivity contribution in [3.8, 4) is 5.75 Å². The van der Waals surface area contributed by atoms with Crippen molar-refractivity contribution in [1.29, 1.82) is 0 Å². The number of alkyl halides is 2. The molecule has 1 saturated heterocycles. The third kappa shape index (κ3) is 4.76. The van der Waals surface area contributed by atoms with Crippen molar-refractivity contribution in [3.05, 3.63) is 48.5 Å². The number of hydrogen-bond donors (Lipinski definition) is 0. The van der Waals surface area contributed by atoms with Crippen molar-refractivity contribution in [2.24, 2.45) is 0 Å². The highest BCUT2D eigenvalue weighted by molar-refractivity contribution is 5.27. The van der Waals surface area contributed by atoms with Crippen LogP contribution < -0.4 is 4.74 Å². The van der Waals surface area contributed by atoms with E-state index in [2.05, 4.69) is 9.88 Å². The Hall–Kier alpha value is -1.95. The molecule has 0 atom stereocenters. The van der Waals surface area contributed by atoms with Gasteiger partial charge in [-0.2, -0.15) is 0 Å². The van der Waals surface area contributed by atoms with E-state index in [1.54, 1.807) is 12.5 Å². The lowest BCUT2D eigenvalue weighted by molar-refractivity contribution is -0.0566. The Bertz CT molecular complexity index is 589. The number of halogens is 2. The fourth-order valence-electron chi connectivity index (χ4n) is 2.68. The highest BCUT2D eigenvalue weighted by Gasteiger charge is 2.33. The van der Waals surface area contributed by atoms with E-state index in [-0.39, 0.29) is 12.8 Å². The average Bonchev–Trinajstić information content (AvgIpc) is 3.04. The number of benzene rings is 1. The number of hydrogen-bond acceptors (Lipinski definition) is 3. The number of ether oxygens (including phenoxy) is 1. The summed E-state index contributed by atoms with van der Waals surface area (Å²) >= 11 is 0. The topological polar surface area (TPSA) is 30.3 Å². The highest BCUT2D eigenvalue weighted by Crippen LogP contribution is 2.28. The first-order chi connectivity index (χ1) is 11.1. The molecule has 1 aliphatic heterocycles. The van der Waals surface area contributed by atoms with Crippen LogP contribution in [0.2, 0.25) is 0 Å². The summed E-state index contributed by atoms with van der Waals surface area (Å²) in [6.07, 6.45) is 5.32. The van der Waals surface area contributed by atoms with Gasteiger partial charge in [-0.05, 0) is 17.7 Å². The van der Waals surface area contributed by atoms with E-state index in [0.29, 0.717) is 26.2 Å². The Balaban J connectivity index is 1.44. The van der Waals surface area contributed by atoms with Gasteiger partial charge in [0.2, 0.25) is 0 Å². The average molecular weight is 321 g/mol. The van der Waals surface area contributed by atoms with Gasteiger partial charge in [0, 0.05) is 44.9 Å². The maximum atomic E-state index is 13.1. The largest absolute Gasteiger partial charge is 0.492 e. The van der Waals surface area contributed by atoms with Crippen molar-refractivity contribution in [2.75, 3.05) is 19.7 Å². The third-order valence-corrected chi connectivity index (χ3v) is 4.09. The van der Waals surface area contributed by atoms with Gasteiger partial charge in [-0.3, -0.25) is 4.90 Å². The molecule has 1 fully saturated rings. The number of piperidine rings is 1. The summed E-state index contributed by atoms with van der Waals surface area (Å²) in [7, 11) is 0. The van der Waals surface area contributed by atoms with Gasteiger partial charge in [0.15, 0.2) is 0 Å². The van der Waals surface area contributed by atoms with Gasteiger partial charge in [-0.15, -0.1) is 0 Å². The molecule has 1 aliphatic rings. The summed E-state index contributed by atoms with van der Waals surface area (Å²) in [5.41, 5.74) is 1.12. The number of imidazole rings is 1. The van der Waals surface area contributed by atoms with Crippen molar-refractivity contribution in [3.63, 3.8) is 0 Å². The maximum Gasteiger partial charge on any atom is 0.250 e. The van der Waals surface area contributed by atoms with Crippen LogP contribution in [0.1, 0.15) is 18.4 Å². The van der Waals surface area contributed by atoms with Crippen LogP contribution in [0, 0.1) is 0 Å². The normalized spacial score (nSPS) is 18.0. The maximum absolute atomic E-state index is 13.1. The van der Waals surface area contributed by atoms with Gasteiger partial charge in [0.25, 0.3) is 5.92 Å². The molecule has 4 nitrogen and oxygen atoms in total. The van der Waals surface area contributed by atoms with Gasteiger partial charge in [-0.1, -0.05) is 12.1 Å². The minimum atomic E-state index is -2.48. The zero-order valence-corrected chi connectivity index (χ0v) is 13.0. The van der Waals surface area contributed by atoms with Gasteiger partial charge < -0.3 is 9.30 Å². The van der Waals surface area contributed by atoms with Crippen LogP contribution in [0.15, 0.2) is 43.0 Å². The molecule has 1 aromatic carbocycles. The van der Waals surface area contributed by atoms with E-state index in [1.165, 1.54) is 0 Å². The molecule has 3 rings (SSSR count). The van der Waals surface area contributed by atoms with Gasteiger partial charge in [0.1, 0.15) is 12.4 Å². The van der Waals surface area contributed by atoms with Crippen LogP contribution in [0.5, 0.6) is 5.75 Å². The minimum absolute atomic E-state index is 0.0392. The van der Waals surface area contributed by atoms with E-state index in [1.807, 2.05) is 35.0 Å². The zero-order chi connectivity index (χ0) is 16.1. The standard InChI is InChI=1S/C17H21F2N3O/c18-17(19)5-8-21(9-6-17)13-15-1-3-16(4-2-15)23-12-11-22-10-7-20-14-22/h1-4,7,10,14H,5-6,8-9,11-13H2. The molecule has 0 spiro atoms. The van der Waals surface area contributed by atoms with E-state index >= 15 is 0 Å². The molecular formula is C17H21F2N3O. The van der Waals surface area contributed by atoms with E-state index in [0.717, 1.165) is 17.9 Å². The monoisotopic (exact) mass is 321 g/mol. The Morgan fingerprint density at radius 1 is 1.13 bits per heavy atom. The van der Waals surface area contributed by atoms with Gasteiger partial charge in [-0.25, -0.2) is 13.8 Å². The molecule has 0 saturated carbocycles. The lowest BCUT2D eigenvalue weighted by Gasteiger charge is -2.31. The van der Waals surface area contributed by atoms with E-state index < -0.39 is 5.92 Å². The quantitative estimate of drug-likeness (QED) is 0.818. The SMILES string of the molecule is FC1(F)CCN(Cc2ccc(OCCn3ccnc3)cc2)CC1. The fraction of sp³-hybridized carbons (Fsp3) is 0.471. The summed E-state index contributed by atoms with van der Waals surface area (Å²) in [6.45, 7) is 2.96. The fourth-order valence-corrected chi connectivity index (χ4v) is 2.68. The van der Waals surface area contributed by atoms with Gasteiger partial charge in [0.05, 0.1) is 12.9 Å². The van der Waals surface area contributed by atoms with Crippen LogP contribution >= 0.6 is 0 Å². The van der Waals surface area contributed by atoms with Gasteiger partial charge >= 0.3 is 0 Å². The second kappa shape index (κ2) is 7.08. The third-order valence-electron chi connectivity index (χ3n) is 4.09. The molecule has 0 aliphatic carbocycles. The Labute approximate surface area is 134 Å². The van der Waals surface area contributed by atoms with Crippen LogP contribution in [-0.2, 0) is 13.1 Å². The van der Waals surface area contributed by atoms with Crippen LogP contribution in [0.25, 0.3) is 0 Å². The first-order valence-corrected chi connectivity index (χ1v) is 7.88. The molecule has 2 aromatic rings. The molecule has 0 unspecified atom stereocenters. The summed E-state index contributed by atoms with van der Waals surface area (Å²) in [6, 6.07) is 7.86. The predicted molar refractivity (Wildman–Crippen MR) is 83.6 cm³/mol. The molecule has 2 heterocycles. The second-order valence-electron chi connectivity index (χ2n) is 5.93. The Kier molecular flexibility index (Phi) is 4.91. The molecule has 0 N–H and O–H groups in total. The van der Waals surface area contributed by atoms with Crippen molar-refractivity contribution in [1.82, 2.24) is 14.5 Å².